The molecule has 0 saturated heterocycles. The number of carbonyl (C=O) groups excluding carboxylic acids is 1. The highest BCUT2D eigenvalue weighted by atomic mass is 16.5. The van der Waals surface area contributed by atoms with Gasteiger partial charge in [0.15, 0.2) is 5.75 Å². The van der Waals surface area contributed by atoms with E-state index in [1.54, 1.807) is 24.3 Å². The van der Waals surface area contributed by atoms with E-state index in [1.807, 2.05) is 6.07 Å². The Bertz CT molecular complexity index is 409. The molecule has 1 aromatic carbocycles. The molecule has 70 valence electrons. The average molecular weight is 188 g/mol. The van der Waals surface area contributed by atoms with Gasteiger partial charge in [0.05, 0.1) is 18.0 Å². The van der Waals surface area contributed by atoms with Crippen LogP contribution < -0.4 is 4.74 Å². The van der Waals surface area contributed by atoms with Crippen molar-refractivity contribution in [3.05, 3.63) is 48.3 Å². The molecule has 0 atom stereocenters. The summed E-state index contributed by atoms with van der Waals surface area (Å²) in [7, 11) is 0. The van der Waals surface area contributed by atoms with Gasteiger partial charge in [0.1, 0.15) is 0 Å². The first-order chi connectivity index (χ1) is 6.86. The van der Waals surface area contributed by atoms with E-state index in [1.165, 1.54) is 12.4 Å². The van der Waals surface area contributed by atoms with Gasteiger partial charge in [-0.1, -0.05) is 18.2 Å². The lowest BCUT2D eigenvalue weighted by Crippen LogP contribution is -2.07. The van der Waals surface area contributed by atoms with Gasteiger partial charge in [0.25, 0.3) is 0 Å². The van der Waals surface area contributed by atoms with E-state index < -0.39 is 0 Å². The second-order valence-corrected chi connectivity index (χ2v) is 2.69. The number of aromatic nitrogens is 2. The number of aromatic amines is 1. The van der Waals surface area contributed by atoms with Crippen LogP contribution in [0.3, 0.4) is 0 Å². The molecule has 1 N–H and O–H groups in total. The molecule has 0 aliphatic heterocycles. The molecule has 0 amide bonds. The topological polar surface area (TPSA) is 55.0 Å². The maximum absolute atomic E-state index is 11.4. The minimum Gasteiger partial charge on any atom is -0.420 e. The van der Waals surface area contributed by atoms with Crippen molar-refractivity contribution in [3.8, 4) is 5.75 Å². The third kappa shape index (κ3) is 1.80. The van der Waals surface area contributed by atoms with Crippen LogP contribution >= 0.6 is 0 Å². The van der Waals surface area contributed by atoms with Gasteiger partial charge in [-0.3, -0.25) is 5.10 Å². The number of nitrogens with zero attached hydrogens (tertiary/aromatic N) is 1. The minimum absolute atomic E-state index is 0.382. The summed E-state index contributed by atoms with van der Waals surface area (Å²) in [6, 6.07) is 8.80. The van der Waals surface area contributed by atoms with Gasteiger partial charge < -0.3 is 4.74 Å². The number of H-pyrrole nitrogens is 1. The van der Waals surface area contributed by atoms with Gasteiger partial charge in [-0.05, 0) is 12.1 Å². The van der Waals surface area contributed by atoms with Crippen LogP contribution in [0.25, 0.3) is 0 Å². The number of rotatable bonds is 2. The van der Waals surface area contributed by atoms with E-state index in [2.05, 4.69) is 10.2 Å². The molecule has 0 aliphatic carbocycles. The summed E-state index contributed by atoms with van der Waals surface area (Å²) in [5.74, 6) is 0.0332. The Balaban J connectivity index is 2.11. The highest BCUT2D eigenvalue weighted by Crippen LogP contribution is 2.08. The lowest BCUT2D eigenvalue weighted by Gasteiger charge is -1.99. The van der Waals surface area contributed by atoms with Crippen LogP contribution in [-0.2, 0) is 0 Å². The average Bonchev–Trinajstić information content (AvgIpc) is 2.72. The van der Waals surface area contributed by atoms with Gasteiger partial charge in [-0.2, -0.15) is 5.10 Å². The summed E-state index contributed by atoms with van der Waals surface area (Å²) in [6.45, 7) is 0. The molecule has 0 fully saturated rings. The molecule has 0 unspecified atom stereocenters. The highest BCUT2D eigenvalue weighted by molar-refractivity contribution is 5.90. The SMILES string of the molecule is O=C(Oc1cn[nH]c1)c1ccccc1. The van der Waals surface area contributed by atoms with Crippen molar-refractivity contribution in [2.75, 3.05) is 0 Å². The Morgan fingerprint density at radius 3 is 2.71 bits per heavy atom. The number of carbonyl (C=O) groups is 1. The molecular formula is C10H8N2O2. The summed E-state index contributed by atoms with van der Waals surface area (Å²) < 4.78 is 5.01. The summed E-state index contributed by atoms with van der Waals surface area (Å²) in [6.07, 6.45) is 2.96. The molecule has 1 heterocycles. The van der Waals surface area contributed by atoms with Crippen LogP contribution in [0.5, 0.6) is 5.75 Å². The monoisotopic (exact) mass is 188 g/mol. The molecule has 2 aromatic rings. The van der Waals surface area contributed by atoms with E-state index in [0.717, 1.165) is 0 Å². The van der Waals surface area contributed by atoms with Crippen molar-refractivity contribution < 1.29 is 9.53 Å². The zero-order chi connectivity index (χ0) is 9.80. The fourth-order valence-corrected chi connectivity index (χ4v) is 1.04. The fraction of sp³-hybridized carbons (Fsp3) is 0. The van der Waals surface area contributed by atoms with Crippen molar-refractivity contribution in [3.63, 3.8) is 0 Å². The zero-order valence-corrected chi connectivity index (χ0v) is 7.31. The Morgan fingerprint density at radius 2 is 2.07 bits per heavy atom. The van der Waals surface area contributed by atoms with Gasteiger partial charge in [-0.15, -0.1) is 0 Å². The first-order valence-corrected chi connectivity index (χ1v) is 4.12. The van der Waals surface area contributed by atoms with Crippen molar-refractivity contribution in [1.29, 1.82) is 0 Å². The summed E-state index contributed by atoms with van der Waals surface area (Å²) in [4.78, 5) is 11.4. The predicted molar refractivity (Wildman–Crippen MR) is 50.0 cm³/mol. The lowest BCUT2D eigenvalue weighted by molar-refractivity contribution is 0.0735. The molecule has 1 aromatic heterocycles. The third-order valence-corrected chi connectivity index (χ3v) is 1.69. The lowest BCUT2D eigenvalue weighted by atomic mass is 10.2. The van der Waals surface area contributed by atoms with Crippen LogP contribution in [-0.4, -0.2) is 16.2 Å². The molecule has 4 heteroatoms. The van der Waals surface area contributed by atoms with E-state index in [0.29, 0.717) is 11.3 Å². The van der Waals surface area contributed by atoms with Crippen LogP contribution in [0, 0.1) is 0 Å². The Hall–Kier alpha value is -2.10. The second kappa shape index (κ2) is 3.74. The van der Waals surface area contributed by atoms with E-state index >= 15 is 0 Å². The minimum atomic E-state index is -0.382. The number of ether oxygens (including phenoxy) is 1. The third-order valence-electron chi connectivity index (χ3n) is 1.69. The van der Waals surface area contributed by atoms with Crippen molar-refractivity contribution in [1.82, 2.24) is 10.2 Å². The Morgan fingerprint density at radius 1 is 1.29 bits per heavy atom. The number of benzene rings is 1. The molecule has 0 bridgehead atoms. The van der Waals surface area contributed by atoms with E-state index in [4.69, 9.17) is 4.74 Å². The molecule has 0 radical (unpaired) electrons. The fourth-order valence-electron chi connectivity index (χ4n) is 1.04. The molecule has 0 spiro atoms. The quantitative estimate of drug-likeness (QED) is 0.728. The summed E-state index contributed by atoms with van der Waals surface area (Å²) in [5, 5.41) is 6.23. The zero-order valence-electron chi connectivity index (χ0n) is 7.31. The molecule has 0 aliphatic rings. The Kier molecular flexibility index (Phi) is 2.27. The maximum atomic E-state index is 11.4. The second-order valence-electron chi connectivity index (χ2n) is 2.69. The first kappa shape index (κ1) is 8.50. The summed E-state index contributed by atoms with van der Waals surface area (Å²) in [5.41, 5.74) is 0.522. The molecule has 14 heavy (non-hydrogen) atoms. The van der Waals surface area contributed by atoms with Gasteiger partial charge >= 0.3 is 5.97 Å². The summed E-state index contributed by atoms with van der Waals surface area (Å²) >= 11 is 0. The number of hydrogen-bond donors (Lipinski definition) is 1. The Labute approximate surface area is 80.5 Å². The van der Waals surface area contributed by atoms with Crippen LogP contribution in [0.1, 0.15) is 10.4 Å². The first-order valence-electron chi connectivity index (χ1n) is 4.12. The molecular weight excluding hydrogens is 180 g/mol. The van der Waals surface area contributed by atoms with Crippen LogP contribution in [0.2, 0.25) is 0 Å². The largest absolute Gasteiger partial charge is 0.420 e. The van der Waals surface area contributed by atoms with Crippen LogP contribution in [0.15, 0.2) is 42.7 Å². The van der Waals surface area contributed by atoms with Gasteiger partial charge in [0, 0.05) is 0 Å². The number of hydrogen-bond acceptors (Lipinski definition) is 3. The maximum Gasteiger partial charge on any atom is 0.343 e. The van der Waals surface area contributed by atoms with Crippen molar-refractivity contribution in [2.24, 2.45) is 0 Å². The van der Waals surface area contributed by atoms with Gasteiger partial charge in [-0.25, -0.2) is 4.79 Å². The highest BCUT2D eigenvalue weighted by Gasteiger charge is 2.07. The van der Waals surface area contributed by atoms with E-state index in [9.17, 15) is 4.79 Å². The van der Waals surface area contributed by atoms with Crippen molar-refractivity contribution in [2.45, 2.75) is 0 Å². The normalized spacial score (nSPS) is 9.71. The number of esters is 1. The molecule has 2 rings (SSSR count). The van der Waals surface area contributed by atoms with Gasteiger partial charge in [0.2, 0.25) is 0 Å². The molecule has 4 nitrogen and oxygen atoms in total. The number of nitrogens with one attached hydrogen (secondary N) is 1. The smallest absolute Gasteiger partial charge is 0.343 e. The predicted octanol–water partition coefficient (Wildman–Crippen LogP) is 1.63. The standard InChI is InChI=1S/C10H8N2O2/c13-10(8-4-2-1-3-5-8)14-9-6-11-12-7-9/h1-7H,(H,11,12). The van der Waals surface area contributed by atoms with E-state index in [-0.39, 0.29) is 5.97 Å². The molecule has 0 saturated carbocycles. The van der Waals surface area contributed by atoms with Crippen LogP contribution in [0.4, 0.5) is 0 Å². The van der Waals surface area contributed by atoms with Crippen molar-refractivity contribution >= 4 is 5.97 Å².